The van der Waals surface area contributed by atoms with Crippen LogP contribution < -0.4 is 4.74 Å². The van der Waals surface area contributed by atoms with Crippen LogP contribution in [0.2, 0.25) is 0 Å². The van der Waals surface area contributed by atoms with Crippen LogP contribution >= 0.6 is 22.6 Å². The summed E-state index contributed by atoms with van der Waals surface area (Å²) in [6, 6.07) is 19.8. The second-order valence-electron chi connectivity index (χ2n) is 13.5. The Morgan fingerprint density at radius 3 is 2.55 bits per heavy atom. The lowest BCUT2D eigenvalue weighted by molar-refractivity contribution is -0.144. The van der Waals surface area contributed by atoms with Crippen LogP contribution in [0.5, 0.6) is 11.5 Å². The van der Waals surface area contributed by atoms with Gasteiger partial charge in [0.05, 0.1) is 47.5 Å². The zero-order chi connectivity index (χ0) is 34.1. The maximum absolute atomic E-state index is 14.1. The number of allylic oxidation sites excluding steroid dienone is 1. The third kappa shape index (κ3) is 6.80. The number of fused-ring (bicyclic) bond motifs is 3. The molecule has 3 aromatic rings. The van der Waals surface area contributed by atoms with E-state index in [1.165, 1.54) is 12.7 Å². The topological polar surface area (TPSA) is 112 Å². The Labute approximate surface area is 300 Å². The fourth-order valence-corrected chi connectivity index (χ4v) is 8.95. The number of ether oxygens (including phenoxy) is 2. The van der Waals surface area contributed by atoms with Crippen molar-refractivity contribution in [2.45, 2.75) is 50.8 Å². The van der Waals surface area contributed by atoms with E-state index in [4.69, 9.17) is 9.47 Å². The maximum atomic E-state index is 14.1. The molecule has 0 spiro atoms. The predicted octanol–water partition coefficient (Wildman–Crippen LogP) is 5.69. The van der Waals surface area contributed by atoms with Gasteiger partial charge in [0.15, 0.2) is 11.5 Å². The van der Waals surface area contributed by atoms with E-state index in [1.807, 2.05) is 30.3 Å². The molecule has 0 radical (unpaired) electrons. The Balaban J connectivity index is 1.07. The van der Waals surface area contributed by atoms with Gasteiger partial charge in [-0.25, -0.2) is 0 Å². The molecule has 49 heavy (non-hydrogen) atoms. The number of carbonyl (C=O) groups is 2. The predicted molar refractivity (Wildman–Crippen MR) is 194 cm³/mol. The van der Waals surface area contributed by atoms with E-state index >= 15 is 0 Å². The molecule has 0 saturated carbocycles. The van der Waals surface area contributed by atoms with Crippen molar-refractivity contribution >= 4 is 46.1 Å². The van der Waals surface area contributed by atoms with E-state index in [2.05, 4.69) is 62.8 Å². The van der Waals surface area contributed by atoms with Crippen LogP contribution in [0.4, 0.5) is 0 Å². The third-order valence-corrected chi connectivity index (χ3v) is 11.5. The zero-order valence-corrected chi connectivity index (χ0v) is 29.8. The third-order valence-electron chi connectivity index (χ3n) is 10.7. The molecule has 3 aliphatic heterocycles. The molecule has 3 fully saturated rings. The SMILES string of the molecule is COc1cc(/C=C(/CC[C@H]2OC[C@H]3C2=C(CO)C[C@H]2C(=O)N(C4CCN(Cc5ccccc5)CC4)C(=O)[C@H]23)c2ccccn2)cc(I)c1O. The molecule has 4 aliphatic rings. The second-order valence-corrected chi connectivity index (χ2v) is 14.7. The first kappa shape index (κ1) is 33.9. The Morgan fingerprint density at radius 2 is 1.84 bits per heavy atom. The minimum Gasteiger partial charge on any atom is -0.504 e. The molecule has 9 nitrogen and oxygen atoms in total. The van der Waals surface area contributed by atoms with E-state index in [-0.39, 0.29) is 42.2 Å². The van der Waals surface area contributed by atoms with Gasteiger partial charge >= 0.3 is 0 Å². The summed E-state index contributed by atoms with van der Waals surface area (Å²) in [6.07, 6.45) is 6.76. The Kier molecular flexibility index (Phi) is 10.2. The smallest absolute Gasteiger partial charge is 0.234 e. The first-order chi connectivity index (χ1) is 23.9. The van der Waals surface area contributed by atoms with Crippen molar-refractivity contribution in [1.29, 1.82) is 0 Å². The lowest BCUT2D eigenvalue weighted by Gasteiger charge is -2.36. The number of piperidine rings is 1. The molecule has 1 aromatic heterocycles. The van der Waals surface area contributed by atoms with Crippen molar-refractivity contribution in [3.8, 4) is 11.5 Å². The summed E-state index contributed by atoms with van der Waals surface area (Å²) in [7, 11) is 1.53. The van der Waals surface area contributed by atoms with Gasteiger partial charge in [0.1, 0.15) is 0 Å². The summed E-state index contributed by atoms with van der Waals surface area (Å²) in [5, 5.41) is 20.9. The average molecular weight is 776 g/mol. The number of carbonyl (C=O) groups excluding carboxylic acids is 2. The maximum Gasteiger partial charge on any atom is 0.234 e. The van der Waals surface area contributed by atoms with Gasteiger partial charge in [0, 0.05) is 37.8 Å². The van der Waals surface area contributed by atoms with E-state index in [9.17, 15) is 19.8 Å². The number of hydrogen-bond donors (Lipinski definition) is 2. The summed E-state index contributed by atoms with van der Waals surface area (Å²) in [5.41, 5.74) is 5.82. The quantitative estimate of drug-likeness (QED) is 0.154. The summed E-state index contributed by atoms with van der Waals surface area (Å²) in [4.78, 5) is 36.6. The van der Waals surface area contributed by atoms with Crippen molar-refractivity contribution in [2.75, 3.05) is 33.4 Å². The highest BCUT2D eigenvalue weighted by atomic mass is 127. The number of phenols is 1. The first-order valence-electron chi connectivity index (χ1n) is 17.1. The number of pyridine rings is 1. The number of phenolic OH excluding ortho intramolecular Hbond substituents is 1. The molecule has 7 rings (SSSR count). The fraction of sp³-hybridized carbons (Fsp3) is 0.410. The number of aromatic hydroxyl groups is 1. The van der Waals surface area contributed by atoms with Crippen molar-refractivity contribution in [1.82, 2.24) is 14.8 Å². The van der Waals surface area contributed by atoms with Gasteiger partial charge in [-0.1, -0.05) is 36.4 Å². The largest absolute Gasteiger partial charge is 0.504 e. The molecular weight excluding hydrogens is 733 g/mol. The first-order valence-corrected chi connectivity index (χ1v) is 18.2. The summed E-state index contributed by atoms with van der Waals surface area (Å²) < 4.78 is 12.5. The fourth-order valence-electron chi connectivity index (χ4n) is 8.33. The monoisotopic (exact) mass is 775 g/mol. The molecule has 4 heterocycles. The number of likely N-dealkylation sites (tertiary alicyclic amines) is 2. The number of imide groups is 1. The molecule has 3 saturated heterocycles. The molecular formula is C39H42IN3O6. The highest BCUT2D eigenvalue weighted by Gasteiger charge is 2.58. The van der Waals surface area contributed by atoms with Gasteiger partial charge in [-0.3, -0.25) is 24.4 Å². The number of aliphatic hydroxyl groups is 1. The van der Waals surface area contributed by atoms with Crippen molar-refractivity contribution in [2.24, 2.45) is 17.8 Å². The van der Waals surface area contributed by atoms with Crippen molar-refractivity contribution < 1.29 is 29.3 Å². The van der Waals surface area contributed by atoms with Gasteiger partial charge in [0.25, 0.3) is 0 Å². The van der Waals surface area contributed by atoms with Crippen LogP contribution in [0.25, 0.3) is 11.6 Å². The van der Waals surface area contributed by atoms with Gasteiger partial charge in [-0.15, -0.1) is 0 Å². The minimum absolute atomic E-state index is 0.0646. The van der Waals surface area contributed by atoms with Gasteiger partial charge in [-0.2, -0.15) is 0 Å². The van der Waals surface area contributed by atoms with Crippen LogP contribution in [0.3, 0.4) is 0 Å². The number of rotatable bonds is 10. The zero-order valence-electron chi connectivity index (χ0n) is 27.6. The number of methoxy groups -OCH3 is 1. The van der Waals surface area contributed by atoms with Gasteiger partial charge in [0.2, 0.25) is 11.8 Å². The minimum atomic E-state index is -0.442. The lowest BCUT2D eigenvalue weighted by Crippen LogP contribution is -2.47. The van der Waals surface area contributed by atoms with Crippen molar-refractivity contribution in [3.63, 3.8) is 0 Å². The highest BCUT2D eigenvalue weighted by molar-refractivity contribution is 14.1. The highest BCUT2D eigenvalue weighted by Crippen LogP contribution is 2.50. The number of nitrogens with zero attached hydrogens (tertiary/aromatic N) is 3. The van der Waals surface area contributed by atoms with Crippen LogP contribution in [-0.4, -0.2) is 82.4 Å². The van der Waals surface area contributed by atoms with Gasteiger partial charge < -0.3 is 19.7 Å². The van der Waals surface area contributed by atoms with Crippen LogP contribution in [-0.2, 0) is 20.9 Å². The van der Waals surface area contributed by atoms with Crippen LogP contribution in [0.15, 0.2) is 78.0 Å². The summed E-state index contributed by atoms with van der Waals surface area (Å²) in [6.45, 7) is 2.77. The molecule has 1 aliphatic carbocycles. The van der Waals surface area contributed by atoms with E-state index in [0.717, 1.165) is 60.5 Å². The van der Waals surface area contributed by atoms with Crippen molar-refractivity contribution in [3.05, 3.63) is 98.4 Å². The lowest BCUT2D eigenvalue weighted by atomic mass is 9.69. The van der Waals surface area contributed by atoms with Crippen LogP contribution in [0, 0.1) is 21.3 Å². The Morgan fingerprint density at radius 1 is 1.06 bits per heavy atom. The number of amides is 2. The molecule has 4 atom stereocenters. The number of benzene rings is 2. The normalized spacial score (nSPS) is 24.8. The average Bonchev–Trinajstić information content (AvgIpc) is 3.66. The molecule has 256 valence electrons. The number of halogens is 1. The van der Waals surface area contributed by atoms with Gasteiger partial charge in [-0.05, 0) is 113 Å². The number of aromatic nitrogens is 1. The van der Waals surface area contributed by atoms with E-state index < -0.39 is 11.8 Å². The molecule has 0 bridgehead atoms. The second kappa shape index (κ2) is 14.7. The molecule has 10 heteroatoms. The molecule has 2 aromatic carbocycles. The Bertz CT molecular complexity index is 1750. The van der Waals surface area contributed by atoms with E-state index in [0.29, 0.717) is 35.2 Å². The standard InChI is InChI=1S/C39H42IN3O6/c1-48-34-19-25(18-31(40)37(34)45)17-26(32-9-5-6-14-41-32)10-11-33-35-27(22-44)20-29-36(30(35)23-49-33)39(47)43(38(29)46)28-12-15-42(16-13-28)21-24-7-3-2-4-8-24/h2-9,14,17-19,28-30,33,36,44-45H,10-13,15-16,20-23H2,1H3/b26-17-/t29-,30+,33-,36-/m1/s1. The number of aliphatic hydroxyl groups excluding tert-OH is 1. The summed E-state index contributed by atoms with van der Waals surface area (Å²) in [5.74, 6) is -0.731. The number of hydrogen-bond acceptors (Lipinski definition) is 8. The molecule has 2 N–H and O–H groups in total. The molecule has 2 amide bonds. The Hall–Kier alpha value is -3.58. The summed E-state index contributed by atoms with van der Waals surface area (Å²) >= 11 is 2.09. The van der Waals surface area contributed by atoms with Crippen LogP contribution in [0.1, 0.15) is 48.9 Å². The van der Waals surface area contributed by atoms with E-state index in [1.54, 1.807) is 17.2 Å². The molecule has 0 unspecified atom stereocenters.